The summed E-state index contributed by atoms with van der Waals surface area (Å²) in [6, 6.07) is 11.5. The number of aromatic nitrogens is 1. The Hall–Kier alpha value is -1.87. The predicted molar refractivity (Wildman–Crippen MR) is 85.4 cm³/mol. The summed E-state index contributed by atoms with van der Waals surface area (Å²) in [5, 5.41) is 3.44. The minimum atomic E-state index is -0.189. The lowest BCUT2D eigenvalue weighted by Crippen LogP contribution is -2.36. The topological polar surface area (TPSA) is 42.0 Å². The number of carbonyl (C=O) groups excluding carboxylic acids is 1. The predicted octanol–water partition coefficient (Wildman–Crippen LogP) is 4.25. The second kappa shape index (κ2) is 6.27. The van der Waals surface area contributed by atoms with E-state index in [1.165, 1.54) is 6.20 Å². The van der Waals surface area contributed by atoms with E-state index in [9.17, 15) is 4.79 Å². The first-order chi connectivity index (χ1) is 9.89. The lowest BCUT2D eigenvalue weighted by atomic mass is 9.82. The third-order valence-electron chi connectivity index (χ3n) is 3.29. The third kappa shape index (κ3) is 3.82. The van der Waals surface area contributed by atoms with Crippen LogP contribution >= 0.6 is 11.6 Å². The van der Waals surface area contributed by atoms with Crippen molar-refractivity contribution in [2.45, 2.75) is 26.8 Å². The van der Waals surface area contributed by atoms with Crippen molar-refractivity contribution < 1.29 is 4.79 Å². The van der Waals surface area contributed by atoms with Gasteiger partial charge in [-0.05, 0) is 17.0 Å². The normalized spacial score (nSPS) is 12.8. The minimum absolute atomic E-state index is 0.101. The van der Waals surface area contributed by atoms with E-state index >= 15 is 0 Å². The van der Waals surface area contributed by atoms with Crippen LogP contribution in [0.4, 0.5) is 0 Å². The summed E-state index contributed by atoms with van der Waals surface area (Å²) >= 11 is 6.04. The monoisotopic (exact) mass is 302 g/mol. The number of halogens is 1. The summed E-state index contributed by atoms with van der Waals surface area (Å²) in [5.74, 6) is -0.189. The molecule has 0 aliphatic heterocycles. The third-order valence-corrected chi connectivity index (χ3v) is 3.59. The molecule has 3 nitrogen and oxygen atoms in total. The number of benzene rings is 1. The fourth-order valence-electron chi connectivity index (χ4n) is 2.21. The van der Waals surface area contributed by atoms with Gasteiger partial charge in [0.05, 0.1) is 16.6 Å². The Balaban J connectivity index is 2.29. The van der Waals surface area contributed by atoms with E-state index in [0.717, 1.165) is 5.56 Å². The first-order valence-corrected chi connectivity index (χ1v) is 7.22. The standard InChI is InChI=1S/C17H19ClN2O/c1-17(2,3)15(12-7-5-4-6-8-12)20-16(21)13-9-10-19-11-14(13)18/h4-11,15H,1-3H3,(H,20,21)/t15-/m0/s1. The van der Waals surface area contributed by atoms with Crippen LogP contribution in [-0.4, -0.2) is 10.9 Å². The maximum atomic E-state index is 12.5. The minimum Gasteiger partial charge on any atom is -0.345 e. The van der Waals surface area contributed by atoms with Crippen molar-refractivity contribution >= 4 is 17.5 Å². The van der Waals surface area contributed by atoms with Crippen LogP contribution in [0.1, 0.15) is 42.7 Å². The van der Waals surface area contributed by atoms with Crippen molar-refractivity contribution in [3.8, 4) is 0 Å². The molecule has 2 rings (SSSR count). The smallest absolute Gasteiger partial charge is 0.253 e. The molecule has 0 unspecified atom stereocenters. The molecule has 1 heterocycles. The van der Waals surface area contributed by atoms with Gasteiger partial charge in [0.1, 0.15) is 0 Å². The van der Waals surface area contributed by atoms with Crippen LogP contribution in [0.15, 0.2) is 48.8 Å². The Bertz CT molecular complexity index is 620. The Kier molecular flexibility index (Phi) is 4.63. The van der Waals surface area contributed by atoms with Gasteiger partial charge in [-0.25, -0.2) is 0 Å². The molecule has 0 saturated heterocycles. The molecule has 1 aromatic heterocycles. The Labute approximate surface area is 130 Å². The first kappa shape index (κ1) is 15.5. The van der Waals surface area contributed by atoms with Gasteiger partial charge < -0.3 is 5.32 Å². The van der Waals surface area contributed by atoms with Crippen LogP contribution in [0.25, 0.3) is 0 Å². The number of amides is 1. The molecule has 0 saturated carbocycles. The van der Waals surface area contributed by atoms with E-state index in [1.807, 2.05) is 30.3 Å². The van der Waals surface area contributed by atoms with Crippen LogP contribution in [0, 0.1) is 5.41 Å². The van der Waals surface area contributed by atoms with Crippen LogP contribution in [0.5, 0.6) is 0 Å². The molecule has 0 spiro atoms. The Morgan fingerprint density at radius 1 is 1.19 bits per heavy atom. The lowest BCUT2D eigenvalue weighted by molar-refractivity contribution is 0.0902. The van der Waals surface area contributed by atoms with Gasteiger partial charge in [-0.3, -0.25) is 9.78 Å². The summed E-state index contributed by atoms with van der Waals surface area (Å²) in [4.78, 5) is 16.4. The number of rotatable bonds is 3. The summed E-state index contributed by atoms with van der Waals surface area (Å²) in [7, 11) is 0. The maximum Gasteiger partial charge on any atom is 0.253 e. The van der Waals surface area contributed by atoms with E-state index in [-0.39, 0.29) is 17.4 Å². The Morgan fingerprint density at radius 2 is 1.86 bits per heavy atom. The van der Waals surface area contributed by atoms with Gasteiger partial charge in [-0.1, -0.05) is 62.7 Å². The average molecular weight is 303 g/mol. The zero-order valence-electron chi connectivity index (χ0n) is 12.4. The van der Waals surface area contributed by atoms with Crippen LogP contribution < -0.4 is 5.32 Å². The molecule has 1 amide bonds. The molecule has 1 aromatic carbocycles. The molecule has 4 heteroatoms. The maximum absolute atomic E-state index is 12.5. The number of carbonyl (C=O) groups is 1. The number of hydrogen-bond acceptors (Lipinski definition) is 2. The number of pyridine rings is 1. The van der Waals surface area contributed by atoms with E-state index in [0.29, 0.717) is 10.6 Å². The zero-order valence-corrected chi connectivity index (χ0v) is 13.2. The number of hydrogen-bond donors (Lipinski definition) is 1. The first-order valence-electron chi connectivity index (χ1n) is 6.85. The molecule has 1 atom stereocenters. The number of nitrogens with one attached hydrogen (secondary N) is 1. The molecule has 0 aliphatic carbocycles. The largest absolute Gasteiger partial charge is 0.345 e. The highest BCUT2D eigenvalue weighted by Crippen LogP contribution is 2.33. The van der Waals surface area contributed by atoms with Crippen molar-refractivity contribution in [1.29, 1.82) is 0 Å². The van der Waals surface area contributed by atoms with Gasteiger partial charge in [0.25, 0.3) is 5.91 Å². The summed E-state index contributed by atoms with van der Waals surface area (Å²) in [5.41, 5.74) is 1.40. The fraction of sp³-hybridized carbons (Fsp3) is 0.294. The summed E-state index contributed by atoms with van der Waals surface area (Å²) < 4.78 is 0. The fourth-order valence-corrected chi connectivity index (χ4v) is 2.42. The van der Waals surface area contributed by atoms with Crippen molar-refractivity contribution in [2.24, 2.45) is 5.41 Å². The average Bonchev–Trinajstić information content (AvgIpc) is 2.44. The quantitative estimate of drug-likeness (QED) is 0.921. The molecule has 1 N–H and O–H groups in total. The zero-order chi connectivity index (χ0) is 15.5. The van der Waals surface area contributed by atoms with Gasteiger partial charge in [0.2, 0.25) is 0 Å². The SMILES string of the molecule is CC(C)(C)[C@@H](NC(=O)c1ccncc1Cl)c1ccccc1. The molecular weight excluding hydrogens is 284 g/mol. The molecular formula is C17H19ClN2O. The molecule has 2 aromatic rings. The number of nitrogens with zero attached hydrogens (tertiary/aromatic N) is 1. The van der Waals surface area contributed by atoms with Crippen LogP contribution in [0.2, 0.25) is 5.02 Å². The van der Waals surface area contributed by atoms with Gasteiger partial charge in [0.15, 0.2) is 0 Å². The van der Waals surface area contributed by atoms with Crippen molar-refractivity contribution in [1.82, 2.24) is 10.3 Å². The molecule has 21 heavy (non-hydrogen) atoms. The van der Waals surface area contributed by atoms with E-state index in [2.05, 4.69) is 31.1 Å². The van der Waals surface area contributed by atoms with Crippen LogP contribution in [-0.2, 0) is 0 Å². The second-order valence-electron chi connectivity index (χ2n) is 6.04. The van der Waals surface area contributed by atoms with Gasteiger partial charge in [-0.2, -0.15) is 0 Å². The molecule has 0 fully saturated rings. The van der Waals surface area contributed by atoms with Crippen molar-refractivity contribution in [2.75, 3.05) is 0 Å². The van der Waals surface area contributed by atoms with Crippen LogP contribution in [0.3, 0.4) is 0 Å². The summed E-state index contributed by atoms with van der Waals surface area (Å²) in [6.07, 6.45) is 3.04. The second-order valence-corrected chi connectivity index (χ2v) is 6.45. The van der Waals surface area contributed by atoms with Crippen molar-refractivity contribution in [3.63, 3.8) is 0 Å². The molecule has 0 aliphatic rings. The Morgan fingerprint density at radius 3 is 2.43 bits per heavy atom. The molecule has 0 radical (unpaired) electrons. The van der Waals surface area contributed by atoms with Gasteiger partial charge >= 0.3 is 0 Å². The highest BCUT2D eigenvalue weighted by molar-refractivity contribution is 6.33. The van der Waals surface area contributed by atoms with Gasteiger partial charge in [-0.15, -0.1) is 0 Å². The molecule has 0 bridgehead atoms. The molecule has 110 valence electrons. The lowest BCUT2D eigenvalue weighted by Gasteiger charge is -2.32. The highest BCUT2D eigenvalue weighted by Gasteiger charge is 2.28. The van der Waals surface area contributed by atoms with E-state index in [1.54, 1.807) is 12.3 Å². The van der Waals surface area contributed by atoms with Gasteiger partial charge in [0, 0.05) is 12.4 Å². The van der Waals surface area contributed by atoms with E-state index in [4.69, 9.17) is 11.6 Å². The van der Waals surface area contributed by atoms with Crippen molar-refractivity contribution in [3.05, 3.63) is 64.9 Å². The van der Waals surface area contributed by atoms with E-state index < -0.39 is 0 Å². The summed E-state index contributed by atoms with van der Waals surface area (Å²) in [6.45, 7) is 6.29. The highest BCUT2D eigenvalue weighted by atomic mass is 35.5.